The molecule has 0 radical (unpaired) electrons. The monoisotopic (exact) mass is 359 g/mol. The first-order valence-electron chi connectivity index (χ1n) is 8.84. The van der Waals surface area contributed by atoms with Crippen LogP contribution >= 0.6 is 0 Å². The van der Waals surface area contributed by atoms with Crippen LogP contribution in [0.3, 0.4) is 0 Å². The lowest BCUT2D eigenvalue weighted by Crippen LogP contribution is -2.45. The van der Waals surface area contributed by atoms with Gasteiger partial charge in [0.1, 0.15) is 6.10 Å². The van der Waals surface area contributed by atoms with Gasteiger partial charge in [-0.15, -0.1) is 0 Å². The molecule has 26 heavy (non-hydrogen) atoms. The summed E-state index contributed by atoms with van der Waals surface area (Å²) in [6.07, 6.45) is 1.60. The number of amides is 2. The van der Waals surface area contributed by atoms with Crippen LogP contribution in [-0.2, 0) is 11.3 Å². The van der Waals surface area contributed by atoms with Crippen LogP contribution in [-0.4, -0.2) is 47.3 Å². The largest absolute Gasteiger partial charge is 0.374 e. The molecule has 2 amide bonds. The molecule has 140 valence electrons. The average Bonchev–Trinajstić information content (AvgIpc) is 3.12. The van der Waals surface area contributed by atoms with Gasteiger partial charge in [-0.2, -0.15) is 4.98 Å². The van der Waals surface area contributed by atoms with Crippen molar-refractivity contribution in [3.8, 4) is 0 Å². The SMILES string of the molecule is COC(C)c1noc(CN2CCC(NC(=O)Nc3ccccc3)CC2)n1. The third-order valence-electron chi connectivity index (χ3n) is 4.51. The minimum absolute atomic E-state index is 0.162. The van der Waals surface area contributed by atoms with Crippen molar-refractivity contribution in [3.05, 3.63) is 42.0 Å². The van der Waals surface area contributed by atoms with E-state index in [2.05, 4.69) is 25.7 Å². The Morgan fingerprint density at radius 1 is 1.35 bits per heavy atom. The first-order chi connectivity index (χ1) is 12.6. The summed E-state index contributed by atoms with van der Waals surface area (Å²) < 4.78 is 10.5. The molecule has 1 aliphatic rings. The topological polar surface area (TPSA) is 92.5 Å². The molecule has 0 spiro atoms. The molecule has 0 aliphatic carbocycles. The van der Waals surface area contributed by atoms with Gasteiger partial charge < -0.3 is 19.9 Å². The highest BCUT2D eigenvalue weighted by Gasteiger charge is 2.22. The number of carbonyl (C=O) groups excluding carboxylic acids is 1. The zero-order valence-electron chi connectivity index (χ0n) is 15.1. The Morgan fingerprint density at radius 3 is 2.77 bits per heavy atom. The number of anilines is 1. The van der Waals surface area contributed by atoms with Gasteiger partial charge in [0, 0.05) is 31.9 Å². The second-order valence-electron chi connectivity index (χ2n) is 6.44. The predicted molar refractivity (Wildman–Crippen MR) is 96.6 cm³/mol. The van der Waals surface area contributed by atoms with Crippen LogP contribution in [0.15, 0.2) is 34.9 Å². The number of aromatic nitrogens is 2. The standard InChI is InChI=1S/C18H25N5O3/c1-13(25-2)17-21-16(26-22-17)12-23-10-8-15(9-11-23)20-18(24)19-14-6-4-3-5-7-14/h3-7,13,15H,8-12H2,1-2H3,(H2,19,20,24). The number of likely N-dealkylation sites (tertiary alicyclic amines) is 1. The van der Waals surface area contributed by atoms with Gasteiger partial charge in [0.05, 0.1) is 6.54 Å². The van der Waals surface area contributed by atoms with Crippen molar-refractivity contribution in [1.29, 1.82) is 0 Å². The summed E-state index contributed by atoms with van der Waals surface area (Å²) >= 11 is 0. The molecule has 0 bridgehead atoms. The second kappa shape index (κ2) is 8.77. The number of hydrogen-bond donors (Lipinski definition) is 2. The Morgan fingerprint density at radius 2 is 2.08 bits per heavy atom. The molecule has 1 aromatic heterocycles. The van der Waals surface area contributed by atoms with Crippen LogP contribution in [0.4, 0.5) is 10.5 Å². The molecule has 1 fully saturated rings. The number of rotatable bonds is 6. The number of piperidine rings is 1. The van der Waals surface area contributed by atoms with Crippen LogP contribution < -0.4 is 10.6 Å². The van der Waals surface area contributed by atoms with Crippen LogP contribution in [0.2, 0.25) is 0 Å². The Labute approximate surface area is 152 Å². The van der Waals surface area contributed by atoms with E-state index in [1.165, 1.54) is 0 Å². The van der Waals surface area contributed by atoms with Crippen molar-refractivity contribution < 1.29 is 14.1 Å². The second-order valence-corrected chi connectivity index (χ2v) is 6.44. The van der Waals surface area contributed by atoms with E-state index in [1.54, 1.807) is 7.11 Å². The summed E-state index contributed by atoms with van der Waals surface area (Å²) in [5.41, 5.74) is 0.792. The third kappa shape index (κ3) is 5.03. The van der Waals surface area contributed by atoms with Gasteiger partial charge >= 0.3 is 6.03 Å². The number of carbonyl (C=O) groups is 1. The van der Waals surface area contributed by atoms with Crippen molar-refractivity contribution >= 4 is 11.7 Å². The first kappa shape index (κ1) is 18.3. The van der Waals surface area contributed by atoms with Crippen LogP contribution in [0.5, 0.6) is 0 Å². The molecular weight excluding hydrogens is 334 g/mol. The van der Waals surface area contributed by atoms with Gasteiger partial charge in [-0.25, -0.2) is 4.79 Å². The number of para-hydroxylation sites is 1. The van der Waals surface area contributed by atoms with Crippen molar-refractivity contribution in [2.24, 2.45) is 0 Å². The molecule has 2 aromatic rings. The van der Waals surface area contributed by atoms with Gasteiger partial charge in [-0.3, -0.25) is 4.90 Å². The van der Waals surface area contributed by atoms with Gasteiger partial charge in [-0.05, 0) is 31.9 Å². The highest BCUT2D eigenvalue weighted by molar-refractivity contribution is 5.89. The van der Waals surface area contributed by atoms with E-state index < -0.39 is 0 Å². The number of nitrogens with zero attached hydrogens (tertiary/aromatic N) is 3. The molecule has 1 atom stereocenters. The number of benzene rings is 1. The molecule has 2 heterocycles. The van der Waals surface area contributed by atoms with Gasteiger partial charge in [-0.1, -0.05) is 23.4 Å². The smallest absolute Gasteiger partial charge is 0.319 e. The third-order valence-corrected chi connectivity index (χ3v) is 4.51. The summed E-state index contributed by atoms with van der Waals surface area (Å²) in [5, 5.41) is 9.83. The number of hydrogen-bond acceptors (Lipinski definition) is 6. The van der Waals surface area contributed by atoms with Crippen LogP contribution in [0, 0.1) is 0 Å². The maximum absolute atomic E-state index is 12.1. The fraction of sp³-hybridized carbons (Fsp3) is 0.500. The van der Waals surface area contributed by atoms with E-state index in [0.717, 1.165) is 31.6 Å². The number of nitrogens with one attached hydrogen (secondary N) is 2. The van der Waals surface area contributed by atoms with E-state index in [0.29, 0.717) is 18.3 Å². The number of urea groups is 1. The molecule has 8 nitrogen and oxygen atoms in total. The lowest BCUT2D eigenvalue weighted by atomic mass is 10.1. The zero-order valence-corrected chi connectivity index (χ0v) is 15.1. The normalized spacial score (nSPS) is 17.0. The Balaban J connectivity index is 1.41. The molecular formula is C18H25N5O3. The summed E-state index contributed by atoms with van der Waals surface area (Å²) in [6.45, 7) is 4.24. The van der Waals surface area contributed by atoms with E-state index >= 15 is 0 Å². The molecule has 1 aromatic carbocycles. The van der Waals surface area contributed by atoms with E-state index in [9.17, 15) is 4.79 Å². The first-order valence-corrected chi connectivity index (χ1v) is 8.84. The fourth-order valence-corrected chi connectivity index (χ4v) is 2.90. The highest BCUT2D eigenvalue weighted by Crippen LogP contribution is 2.16. The van der Waals surface area contributed by atoms with E-state index in [-0.39, 0.29) is 18.2 Å². The maximum atomic E-state index is 12.1. The van der Waals surface area contributed by atoms with Crippen molar-refractivity contribution in [2.75, 3.05) is 25.5 Å². The summed E-state index contributed by atoms with van der Waals surface area (Å²) in [6, 6.07) is 9.44. The Kier molecular flexibility index (Phi) is 6.19. The van der Waals surface area contributed by atoms with Gasteiger partial charge in [0.25, 0.3) is 0 Å². The zero-order chi connectivity index (χ0) is 18.4. The molecule has 1 aliphatic heterocycles. The molecule has 1 saturated heterocycles. The molecule has 8 heteroatoms. The molecule has 0 saturated carbocycles. The molecule has 1 unspecified atom stereocenters. The van der Waals surface area contributed by atoms with Crippen molar-refractivity contribution in [2.45, 2.75) is 38.5 Å². The summed E-state index contributed by atoms with van der Waals surface area (Å²) in [4.78, 5) is 18.7. The van der Waals surface area contributed by atoms with Gasteiger partial charge in [0.2, 0.25) is 5.89 Å². The van der Waals surface area contributed by atoms with Gasteiger partial charge in [0.15, 0.2) is 5.82 Å². The van der Waals surface area contributed by atoms with Crippen molar-refractivity contribution in [1.82, 2.24) is 20.4 Å². The number of ether oxygens (including phenoxy) is 1. The van der Waals surface area contributed by atoms with Crippen LogP contribution in [0.1, 0.15) is 37.6 Å². The lowest BCUT2D eigenvalue weighted by molar-refractivity contribution is 0.109. The molecule has 3 rings (SSSR count). The summed E-state index contributed by atoms with van der Waals surface area (Å²) in [5.74, 6) is 1.16. The van der Waals surface area contributed by atoms with E-state index in [1.807, 2.05) is 37.3 Å². The predicted octanol–water partition coefficient (Wildman–Crippen LogP) is 2.56. The minimum atomic E-state index is -0.175. The quantitative estimate of drug-likeness (QED) is 0.823. The number of methoxy groups -OCH3 is 1. The summed E-state index contributed by atoms with van der Waals surface area (Å²) in [7, 11) is 1.62. The fourth-order valence-electron chi connectivity index (χ4n) is 2.90. The Hall–Kier alpha value is -2.45. The van der Waals surface area contributed by atoms with Crippen molar-refractivity contribution in [3.63, 3.8) is 0 Å². The van der Waals surface area contributed by atoms with E-state index in [4.69, 9.17) is 9.26 Å². The highest BCUT2D eigenvalue weighted by atomic mass is 16.5. The molecule has 2 N–H and O–H groups in total. The lowest BCUT2D eigenvalue weighted by Gasteiger charge is -2.31. The van der Waals surface area contributed by atoms with Crippen LogP contribution in [0.25, 0.3) is 0 Å². The minimum Gasteiger partial charge on any atom is -0.374 e. The maximum Gasteiger partial charge on any atom is 0.319 e. The average molecular weight is 359 g/mol. The Bertz CT molecular complexity index is 698.